The quantitative estimate of drug-likeness (QED) is 0.922. The summed E-state index contributed by atoms with van der Waals surface area (Å²) in [6.45, 7) is 0. The van der Waals surface area contributed by atoms with E-state index in [1.54, 1.807) is 18.2 Å². The molecule has 0 bridgehead atoms. The molecule has 1 amide bonds. The third-order valence-electron chi connectivity index (χ3n) is 3.02. The number of methoxy groups -OCH3 is 3. The number of anilines is 1. The Hall–Kier alpha value is -2.76. The first-order chi connectivity index (χ1) is 10.6. The molecule has 2 rings (SSSR count). The van der Waals surface area contributed by atoms with Crippen molar-refractivity contribution in [3.05, 3.63) is 47.8 Å². The number of ether oxygens (including phenoxy) is 3. The van der Waals surface area contributed by atoms with Crippen molar-refractivity contribution in [3.8, 4) is 17.2 Å². The van der Waals surface area contributed by atoms with Crippen molar-refractivity contribution in [1.82, 2.24) is 0 Å². The Morgan fingerprint density at radius 1 is 0.955 bits per heavy atom. The summed E-state index contributed by atoms with van der Waals surface area (Å²) >= 11 is 0. The summed E-state index contributed by atoms with van der Waals surface area (Å²) in [7, 11) is 4.43. The second-order valence-electron chi connectivity index (χ2n) is 4.40. The van der Waals surface area contributed by atoms with Gasteiger partial charge in [-0.3, -0.25) is 4.79 Å². The maximum absolute atomic E-state index is 13.3. The van der Waals surface area contributed by atoms with Gasteiger partial charge in [-0.05, 0) is 24.3 Å². The molecule has 0 radical (unpaired) electrons. The fourth-order valence-electron chi connectivity index (χ4n) is 1.91. The van der Waals surface area contributed by atoms with Crippen molar-refractivity contribution in [1.29, 1.82) is 0 Å². The van der Waals surface area contributed by atoms with Crippen molar-refractivity contribution in [2.24, 2.45) is 0 Å². The molecule has 0 fully saturated rings. The Labute approximate surface area is 127 Å². The van der Waals surface area contributed by atoms with Crippen LogP contribution in [0.1, 0.15) is 10.4 Å². The lowest BCUT2D eigenvalue weighted by molar-refractivity contribution is 0.102. The molecular weight excluding hydrogens is 289 g/mol. The molecule has 0 unspecified atom stereocenters. The van der Waals surface area contributed by atoms with E-state index in [4.69, 9.17) is 14.2 Å². The summed E-state index contributed by atoms with van der Waals surface area (Å²) < 4.78 is 28.7. The molecule has 5 nitrogen and oxygen atoms in total. The van der Waals surface area contributed by atoms with Gasteiger partial charge in [-0.2, -0.15) is 0 Å². The molecule has 0 aliphatic heterocycles. The molecule has 0 saturated carbocycles. The van der Waals surface area contributed by atoms with E-state index >= 15 is 0 Å². The molecule has 2 aromatic rings. The number of rotatable bonds is 5. The minimum atomic E-state index is -0.473. The van der Waals surface area contributed by atoms with E-state index in [1.165, 1.54) is 39.5 Å². The predicted molar refractivity (Wildman–Crippen MR) is 80.5 cm³/mol. The van der Waals surface area contributed by atoms with Gasteiger partial charge in [-0.25, -0.2) is 4.39 Å². The Balaban J connectivity index is 2.31. The molecule has 0 aromatic heterocycles. The van der Waals surface area contributed by atoms with Crippen LogP contribution in [0.2, 0.25) is 0 Å². The molecule has 6 heteroatoms. The van der Waals surface area contributed by atoms with Crippen LogP contribution >= 0.6 is 0 Å². The fourth-order valence-corrected chi connectivity index (χ4v) is 1.91. The van der Waals surface area contributed by atoms with Crippen molar-refractivity contribution >= 4 is 11.6 Å². The largest absolute Gasteiger partial charge is 0.497 e. The Morgan fingerprint density at radius 3 is 2.14 bits per heavy atom. The summed E-state index contributed by atoms with van der Waals surface area (Å²) in [5, 5.41) is 2.61. The highest BCUT2D eigenvalue weighted by atomic mass is 19.1. The van der Waals surface area contributed by atoms with Crippen LogP contribution in [0.3, 0.4) is 0 Å². The van der Waals surface area contributed by atoms with Crippen molar-refractivity contribution < 1.29 is 23.4 Å². The number of hydrogen-bond acceptors (Lipinski definition) is 4. The van der Waals surface area contributed by atoms with Crippen LogP contribution in [0.15, 0.2) is 36.4 Å². The summed E-state index contributed by atoms with van der Waals surface area (Å²) in [6, 6.07) is 8.65. The van der Waals surface area contributed by atoms with Gasteiger partial charge in [0.15, 0.2) is 0 Å². The minimum absolute atomic E-state index is 0.245. The monoisotopic (exact) mass is 305 g/mol. The van der Waals surface area contributed by atoms with E-state index in [9.17, 15) is 9.18 Å². The summed E-state index contributed by atoms with van der Waals surface area (Å²) in [5.74, 6) is 0.427. The van der Waals surface area contributed by atoms with Gasteiger partial charge in [-0.15, -0.1) is 0 Å². The number of nitrogens with one attached hydrogen (secondary N) is 1. The number of benzene rings is 2. The first-order valence-electron chi connectivity index (χ1n) is 6.45. The van der Waals surface area contributed by atoms with Gasteiger partial charge < -0.3 is 19.5 Å². The molecule has 0 heterocycles. The van der Waals surface area contributed by atoms with Crippen molar-refractivity contribution in [2.45, 2.75) is 0 Å². The van der Waals surface area contributed by atoms with Gasteiger partial charge in [0.2, 0.25) is 0 Å². The van der Waals surface area contributed by atoms with E-state index in [-0.39, 0.29) is 5.69 Å². The topological polar surface area (TPSA) is 56.8 Å². The highest BCUT2D eigenvalue weighted by Crippen LogP contribution is 2.27. The number of halogens is 1. The van der Waals surface area contributed by atoms with Gasteiger partial charge in [0.25, 0.3) is 5.91 Å². The van der Waals surface area contributed by atoms with Crippen LogP contribution in [-0.4, -0.2) is 27.2 Å². The van der Waals surface area contributed by atoms with Crippen LogP contribution in [-0.2, 0) is 0 Å². The van der Waals surface area contributed by atoms with E-state index < -0.39 is 11.7 Å². The molecule has 0 aliphatic rings. The zero-order chi connectivity index (χ0) is 16.1. The predicted octanol–water partition coefficient (Wildman–Crippen LogP) is 3.10. The fraction of sp³-hybridized carbons (Fsp3) is 0.188. The highest BCUT2D eigenvalue weighted by molar-refractivity contribution is 6.05. The summed E-state index contributed by atoms with van der Waals surface area (Å²) in [5.41, 5.74) is 0.566. The third kappa shape index (κ3) is 3.46. The molecule has 0 saturated heterocycles. The van der Waals surface area contributed by atoms with Gasteiger partial charge in [-0.1, -0.05) is 0 Å². The lowest BCUT2D eigenvalue weighted by atomic mass is 10.1. The SMILES string of the molecule is COc1cc(OC)cc(C(=O)Nc2cc(F)ccc2OC)c1. The molecule has 1 N–H and O–H groups in total. The normalized spacial score (nSPS) is 10.0. The van der Waals surface area contributed by atoms with Crippen molar-refractivity contribution in [2.75, 3.05) is 26.6 Å². The molecular formula is C16H16FNO4. The summed E-state index contributed by atoms with van der Waals surface area (Å²) in [4.78, 5) is 12.3. The number of hydrogen-bond donors (Lipinski definition) is 1. The lowest BCUT2D eigenvalue weighted by Gasteiger charge is -2.12. The zero-order valence-corrected chi connectivity index (χ0v) is 12.5. The minimum Gasteiger partial charge on any atom is -0.497 e. The molecule has 2 aromatic carbocycles. The van der Waals surface area contributed by atoms with Crippen LogP contribution in [0.5, 0.6) is 17.2 Å². The van der Waals surface area contributed by atoms with Crippen LogP contribution < -0.4 is 19.5 Å². The van der Waals surface area contributed by atoms with Gasteiger partial charge >= 0.3 is 0 Å². The van der Waals surface area contributed by atoms with E-state index in [0.29, 0.717) is 22.8 Å². The molecule has 116 valence electrons. The molecule has 22 heavy (non-hydrogen) atoms. The van der Waals surface area contributed by atoms with E-state index in [1.807, 2.05) is 0 Å². The molecule has 0 spiro atoms. The standard InChI is InChI=1S/C16H16FNO4/c1-20-12-6-10(7-13(9-12)21-2)16(19)18-14-8-11(17)4-5-15(14)22-3/h4-9H,1-3H3,(H,18,19). The first-order valence-corrected chi connectivity index (χ1v) is 6.45. The number of amides is 1. The number of carbonyl (C=O) groups is 1. The Bertz CT molecular complexity index is 666. The maximum Gasteiger partial charge on any atom is 0.256 e. The lowest BCUT2D eigenvalue weighted by Crippen LogP contribution is -2.13. The van der Waals surface area contributed by atoms with Crippen LogP contribution in [0.4, 0.5) is 10.1 Å². The average molecular weight is 305 g/mol. The maximum atomic E-state index is 13.3. The summed E-state index contributed by atoms with van der Waals surface area (Å²) in [6.07, 6.45) is 0. The first kappa shape index (κ1) is 15.6. The Morgan fingerprint density at radius 2 is 1.59 bits per heavy atom. The third-order valence-corrected chi connectivity index (χ3v) is 3.02. The van der Waals surface area contributed by atoms with Crippen LogP contribution in [0, 0.1) is 5.82 Å². The molecule has 0 atom stereocenters. The van der Waals surface area contributed by atoms with Gasteiger partial charge in [0, 0.05) is 17.7 Å². The zero-order valence-electron chi connectivity index (χ0n) is 12.5. The Kier molecular flexibility index (Phi) is 4.83. The second kappa shape index (κ2) is 6.80. The van der Waals surface area contributed by atoms with Crippen LogP contribution in [0.25, 0.3) is 0 Å². The second-order valence-corrected chi connectivity index (χ2v) is 4.40. The highest BCUT2D eigenvalue weighted by Gasteiger charge is 2.13. The van der Waals surface area contributed by atoms with Gasteiger partial charge in [0.05, 0.1) is 27.0 Å². The van der Waals surface area contributed by atoms with E-state index in [0.717, 1.165) is 0 Å². The smallest absolute Gasteiger partial charge is 0.256 e. The average Bonchev–Trinajstić information content (AvgIpc) is 2.54. The van der Waals surface area contributed by atoms with Crippen molar-refractivity contribution in [3.63, 3.8) is 0 Å². The van der Waals surface area contributed by atoms with Gasteiger partial charge in [0.1, 0.15) is 23.1 Å². The molecule has 0 aliphatic carbocycles. The number of carbonyl (C=O) groups excluding carboxylic acids is 1. The van der Waals surface area contributed by atoms with E-state index in [2.05, 4.69) is 5.32 Å².